The number of ether oxygens (including phenoxy) is 4. The Balaban J connectivity index is 1.89. The molecule has 3 rings (SSSR count). The Morgan fingerprint density at radius 2 is 2.04 bits per heavy atom. The molecule has 0 saturated carbocycles. The van der Waals surface area contributed by atoms with Crippen molar-refractivity contribution in [3.8, 4) is 0 Å². The summed E-state index contributed by atoms with van der Waals surface area (Å²) in [7, 11) is 2.60. The third-order valence-corrected chi connectivity index (χ3v) is 5.11. The van der Waals surface area contributed by atoms with Crippen LogP contribution in [0.2, 0.25) is 0 Å². The summed E-state index contributed by atoms with van der Waals surface area (Å²) in [5, 5.41) is 3.04. The fourth-order valence-corrected chi connectivity index (χ4v) is 3.99. The van der Waals surface area contributed by atoms with Crippen LogP contribution in [0.5, 0.6) is 0 Å². The molecule has 140 valence electrons. The highest BCUT2D eigenvalue weighted by Crippen LogP contribution is 2.38. The Morgan fingerprint density at radius 3 is 2.69 bits per heavy atom. The SMILES string of the molecule is COC(=O)c1c(NC(=O)C2=COCCO2)sc2c1CCN(C(=O)OC)C2. The highest BCUT2D eigenvalue weighted by Gasteiger charge is 2.31. The van der Waals surface area contributed by atoms with Crippen LogP contribution < -0.4 is 5.32 Å². The fourth-order valence-electron chi connectivity index (χ4n) is 2.75. The van der Waals surface area contributed by atoms with Gasteiger partial charge in [0.25, 0.3) is 5.91 Å². The number of nitrogens with zero attached hydrogens (tertiary/aromatic N) is 1. The number of fused-ring (bicyclic) bond motifs is 1. The Morgan fingerprint density at radius 1 is 1.23 bits per heavy atom. The molecule has 0 unspecified atom stereocenters. The zero-order valence-corrected chi connectivity index (χ0v) is 15.1. The highest BCUT2D eigenvalue weighted by molar-refractivity contribution is 7.17. The topological polar surface area (TPSA) is 103 Å². The summed E-state index contributed by atoms with van der Waals surface area (Å²) >= 11 is 1.22. The van der Waals surface area contributed by atoms with Crippen molar-refractivity contribution < 1.29 is 33.3 Å². The van der Waals surface area contributed by atoms with Gasteiger partial charge in [0, 0.05) is 11.4 Å². The first-order valence-corrected chi connectivity index (χ1v) is 8.68. The molecule has 0 aromatic carbocycles. The van der Waals surface area contributed by atoms with Crippen molar-refractivity contribution in [2.45, 2.75) is 13.0 Å². The van der Waals surface area contributed by atoms with Crippen LogP contribution >= 0.6 is 11.3 Å². The van der Waals surface area contributed by atoms with Gasteiger partial charge in [0.05, 0.1) is 26.3 Å². The van der Waals surface area contributed by atoms with E-state index in [0.29, 0.717) is 36.7 Å². The molecule has 0 fully saturated rings. The second kappa shape index (κ2) is 7.65. The summed E-state index contributed by atoms with van der Waals surface area (Å²) < 4.78 is 19.9. The average Bonchev–Trinajstić information content (AvgIpc) is 3.04. The molecule has 3 heterocycles. The second-order valence-corrected chi connectivity index (χ2v) is 6.60. The minimum atomic E-state index is -0.542. The van der Waals surface area contributed by atoms with E-state index in [2.05, 4.69) is 5.32 Å². The van der Waals surface area contributed by atoms with E-state index in [1.165, 1.54) is 36.7 Å². The number of hydrogen-bond acceptors (Lipinski definition) is 8. The van der Waals surface area contributed by atoms with Crippen LogP contribution in [0.25, 0.3) is 0 Å². The van der Waals surface area contributed by atoms with Crippen LogP contribution in [-0.2, 0) is 36.7 Å². The Bertz CT molecular complexity index is 771. The smallest absolute Gasteiger partial charge is 0.409 e. The molecule has 1 aromatic rings. The Labute approximate surface area is 153 Å². The third kappa shape index (κ3) is 3.45. The van der Waals surface area contributed by atoms with Gasteiger partial charge in [-0.05, 0) is 12.0 Å². The standard InChI is InChI=1S/C16H18N2O7S/c1-22-15(20)12-9-3-4-18(16(21)23-2)7-11(9)26-14(12)17-13(19)10-8-24-5-6-25-10/h8H,3-7H2,1-2H3,(H,17,19). The van der Waals surface area contributed by atoms with Crippen molar-refractivity contribution >= 4 is 34.3 Å². The molecular weight excluding hydrogens is 364 g/mol. The Kier molecular flexibility index (Phi) is 5.31. The minimum absolute atomic E-state index is 0.0367. The first-order valence-electron chi connectivity index (χ1n) is 7.86. The summed E-state index contributed by atoms with van der Waals surface area (Å²) in [6, 6.07) is 0. The number of anilines is 1. The molecule has 26 heavy (non-hydrogen) atoms. The second-order valence-electron chi connectivity index (χ2n) is 5.50. The average molecular weight is 382 g/mol. The minimum Gasteiger partial charge on any atom is -0.494 e. The molecular formula is C16H18N2O7S. The largest absolute Gasteiger partial charge is 0.494 e. The van der Waals surface area contributed by atoms with Crippen molar-refractivity contribution in [3.05, 3.63) is 28.0 Å². The van der Waals surface area contributed by atoms with E-state index in [4.69, 9.17) is 18.9 Å². The monoisotopic (exact) mass is 382 g/mol. The summed E-state index contributed by atoms with van der Waals surface area (Å²) in [6.07, 6.45) is 1.26. The molecule has 1 aromatic heterocycles. The number of carbonyl (C=O) groups excluding carboxylic acids is 3. The van der Waals surface area contributed by atoms with Crippen molar-refractivity contribution in [1.82, 2.24) is 4.90 Å². The van der Waals surface area contributed by atoms with Crippen LogP contribution in [0, 0.1) is 0 Å². The summed E-state index contributed by atoms with van der Waals surface area (Å²) in [6.45, 7) is 1.36. The normalized spacial score (nSPS) is 15.8. The number of esters is 1. The highest BCUT2D eigenvalue weighted by atomic mass is 32.1. The molecule has 0 radical (unpaired) electrons. The molecule has 9 nitrogen and oxygen atoms in total. The van der Waals surface area contributed by atoms with E-state index in [-0.39, 0.29) is 12.4 Å². The number of nitrogens with one attached hydrogen (secondary N) is 1. The molecule has 1 N–H and O–H groups in total. The van der Waals surface area contributed by atoms with Gasteiger partial charge in [-0.25, -0.2) is 9.59 Å². The molecule has 2 aliphatic heterocycles. The number of methoxy groups -OCH3 is 2. The summed E-state index contributed by atoms with van der Waals surface area (Å²) in [5.41, 5.74) is 1.08. The first kappa shape index (κ1) is 18.1. The van der Waals surface area contributed by atoms with Gasteiger partial charge < -0.3 is 29.2 Å². The Hall–Kier alpha value is -2.75. The summed E-state index contributed by atoms with van der Waals surface area (Å²) in [4.78, 5) is 38.7. The molecule has 2 aliphatic rings. The lowest BCUT2D eigenvalue weighted by Crippen LogP contribution is -2.35. The number of hydrogen-bond donors (Lipinski definition) is 1. The molecule has 0 bridgehead atoms. The van der Waals surface area contributed by atoms with Gasteiger partial charge >= 0.3 is 12.1 Å². The van der Waals surface area contributed by atoms with Crippen LogP contribution in [0.1, 0.15) is 20.8 Å². The number of amides is 2. The van der Waals surface area contributed by atoms with Gasteiger partial charge in [-0.1, -0.05) is 0 Å². The lowest BCUT2D eigenvalue weighted by Gasteiger charge is -2.25. The zero-order valence-electron chi connectivity index (χ0n) is 14.3. The van der Waals surface area contributed by atoms with Crippen LogP contribution in [0.15, 0.2) is 12.0 Å². The van der Waals surface area contributed by atoms with E-state index in [9.17, 15) is 14.4 Å². The van der Waals surface area contributed by atoms with Crippen molar-refractivity contribution in [1.29, 1.82) is 0 Å². The van der Waals surface area contributed by atoms with Crippen molar-refractivity contribution in [2.75, 3.05) is 39.3 Å². The molecule has 10 heteroatoms. The molecule has 0 spiro atoms. The van der Waals surface area contributed by atoms with Crippen LogP contribution in [-0.4, -0.2) is 56.8 Å². The number of rotatable bonds is 3. The molecule has 0 atom stereocenters. The van der Waals surface area contributed by atoms with E-state index < -0.39 is 18.0 Å². The number of thiophene rings is 1. The molecule has 0 saturated heterocycles. The van der Waals surface area contributed by atoms with E-state index in [0.717, 1.165) is 10.4 Å². The maximum Gasteiger partial charge on any atom is 0.409 e. The van der Waals surface area contributed by atoms with E-state index in [1.54, 1.807) is 0 Å². The van der Waals surface area contributed by atoms with Gasteiger partial charge in [0.15, 0.2) is 0 Å². The fraction of sp³-hybridized carbons (Fsp3) is 0.438. The van der Waals surface area contributed by atoms with E-state index in [1.807, 2.05) is 0 Å². The maximum absolute atomic E-state index is 12.3. The maximum atomic E-state index is 12.3. The molecule has 2 amide bonds. The van der Waals surface area contributed by atoms with Gasteiger partial charge in [-0.15, -0.1) is 11.3 Å². The summed E-state index contributed by atoms with van der Waals surface area (Å²) in [5.74, 6) is -1.02. The lowest BCUT2D eigenvalue weighted by atomic mass is 10.0. The third-order valence-electron chi connectivity index (χ3n) is 3.98. The predicted molar refractivity (Wildman–Crippen MR) is 90.8 cm³/mol. The van der Waals surface area contributed by atoms with Crippen LogP contribution in [0.4, 0.5) is 9.80 Å². The van der Waals surface area contributed by atoms with Gasteiger partial charge in [0.1, 0.15) is 24.5 Å². The van der Waals surface area contributed by atoms with Crippen molar-refractivity contribution in [3.63, 3.8) is 0 Å². The number of carbonyl (C=O) groups is 3. The predicted octanol–water partition coefficient (Wildman–Crippen LogP) is 1.49. The van der Waals surface area contributed by atoms with Crippen LogP contribution in [0.3, 0.4) is 0 Å². The first-order chi connectivity index (χ1) is 12.5. The lowest BCUT2D eigenvalue weighted by molar-refractivity contribution is -0.117. The van der Waals surface area contributed by atoms with E-state index >= 15 is 0 Å². The molecule has 0 aliphatic carbocycles. The van der Waals surface area contributed by atoms with Gasteiger partial charge in [-0.2, -0.15) is 0 Å². The van der Waals surface area contributed by atoms with Crippen molar-refractivity contribution in [2.24, 2.45) is 0 Å². The van der Waals surface area contributed by atoms with Gasteiger partial charge in [0.2, 0.25) is 5.76 Å². The zero-order chi connectivity index (χ0) is 18.7. The quantitative estimate of drug-likeness (QED) is 0.790. The van der Waals surface area contributed by atoms with Gasteiger partial charge in [-0.3, -0.25) is 4.79 Å².